The minimum Gasteiger partial charge on any atom is -0.307 e. The summed E-state index contributed by atoms with van der Waals surface area (Å²) in [6, 6.07) is 12.0. The third-order valence-corrected chi connectivity index (χ3v) is 3.79. The predicted octanol–water partition coefficient (Wildman–Crippen LogP) is 5.24. The van der Waals surface area contributed by atoms with E-state index in [0.717, 1.165) is 9.26 Å². The Labute approximate surface area is 134 Å². The van der Waals surface area contributed by atoms with Gasteiger partial charge in [0.2, 0.25) is 0 Å². The predicted molar refractivity (Wildman–Crippen MR) is 88.3 cm³/mol. The summed E-state index contributed by atoms with van der Waals surface area (Å²) in [5, 5.41) is 6.34. The Morgan fingerprint density at radius 1 is 1.00 bits per heavy atom. The molecule has 0 radical (unpaired) electrons. The number of amides is 2. The van der Waals surface area contributed by atoms with Gasteiger partial charge in [0, 0.05) is 8.59 Å². The van der Waals surface area contributed by atoms with Crippen LogP contribution in [0.3, 0.4) is 0 Å². The fraction of sp³-hybridized carbons (Fsp3) is 0. The van der Waals surface area contributed by atoms with E-state index in [2.05, 4.69) is 33.2 Å². The van der Waals surface area contributed by atoms with Gasteiger partial charge < -0.3 is 10.6 Å². The number of urea groups is 1. The minimum atomic E-state index is -0.353. The largest absolute Gasteiger partial charge is 0.323 e. The van der Waals surface area contributed by atoms with Crippen molar-refractivity contribution in [3.63, 3.8) is 0 Å². The summed E-state index contributed by atoms with van der Waals surface area (Å²) in [7, 11) is 0. The number of nitrogens with one attached hydrogen (secondary N) is 2. The lowest BCUT2D eigenvalue weighted by Gasteiger charge is -2.10. The molecule has 98 valence electrons. The van der Waals surface area contributed by atoms with Crippen molar-refractivity contribution in [3.8, 4) is 0 Å². The highest BCUT2D eigenvalue weighted by Crippen LogP contribution is 2.25. The topological polar surface area (TPSA) is 41.1 Å². The van der Waals surface area contributed by atoms with Crippen molar-refractivity contribution in [2.75, 3.05) is 10.6 Å². The monoisotopic (exact) mass is 406 g/mol. The second-order valence-corrected chi connectivity index (χ2v) is 5.69. The van der Waals surface area contributed by atoms with Crippen molar-refractivity contribution in [1.29, 1.82) is 0 Å². The second kappa shape index (κ2) is 6.45. The summed E-state index contributed by atoms with van der Waals surface area (Å²) in [4.78, 5) is 11.9. The van der Waals surface area contributed by atoms with E-state index in [9.17, 15) is 4.79 Å². The first-order valence-corrected chi connectivity index (χ1v) is 7.17. The van der Waals surface area contributed by atoms with Gasteiger partial charge in [-0.15, -0.1) is 0 Å². The van der Waals surface area contributed by atoms with Crippen molar-refractivity contribution in [1.82, 2.24) is 0 Å². The molecule has 2 aromatic rings. The van der Waals surface area contributed by atoms with Crippen LogP contribution in [0.2, 0.25) is 10.0 Å². The van der Waals surface area contributed by atoms with Crippen molar-refractivity contribution in [3.05, 3.63) is 56.1 Å². The highest BCUT2D eigenvalue weighted by molar-refractivity contribution is 14.1. The number of para-hydroxylation sites is 1. The average molecular weight is 407 g/mol. The first-order valence-electron chi connectivity index (χ1n) is 5.34. The molecule has 0 unspecified atom stereocenters. The highest BCUT2D eigenvalue weighted by Gasteiger charge is 2.07. The number of anilines is 2. The van der Waals surface area contributed by atoms with Crippen LogP contribution in [0.4, 0.5) is 16.2 Å². The zero-order valence-electron chi connectivity index (χ0n) is 9.58. The van der Waals surface area contributed by atoms with Crippen molar-refractivity contribution >= 4 is 63.2 Å². The molecule has 0 aromatic heterocycles. The van der Waals surface area contributed by atoms with Gasteiger partial charge in [-0.2, -0.15) is 0 Å². The molecule has 2 amide bonds. The number of carbonyl (C=O) groups excluding carboxylic acids is 1. The van der Waals surface area contributed by atoms with Crippen molar-refractivity contribution in [2.24, 2.45) is 0 Å². The SMILES string of the molecule is O=C(Nc1ccc(Cl)cc1Cl)Nc1ccccc1I. The first kappa shape index (κ1) is 14.4. The lowest BCUT2D eigenvalue weighted by atomic mass is 10.3. The van der Waals surface area contributed by atoms with Crippen LogP contribution >= 0.6 is 45.8 Å². The number of halogens is 3. The van der Waals surface area contributed by atoms with Gasteiger partial charge in [0.05, 0.1) is 16.4 Å². The Morgan fingerprint density at radius 3 is 2.37 bits per heavy atom. The Hall–Kier alpha value is -0.980. The van der Waals surface area contributed by atoms with Crippen LogP contribution in [-0.2, 0) is 0 Å². The van der Waals surface area contributed by atoms with Crippen LogP contribution in [0, 0.1) is 3.57 Å². The van der Waals surface area contributed by atoms with Gasteiger partial charge in [-0.05, 0) is 52.9 Å². The maximum atomic E-state index is 11.9. The Morgan fingerprint density at radius 2 is 1.68 bits per heavy atom. The summed E-state index contributed by atoms with van der Waals surface area (Å²) in [5.41, 5.74) is 1.25. The first-order chi connectivity index (χ1) is 9.06. The van der Waals surface area contributed by atoms with Gasteiger partial charge in [-0.25, -0.2) is 4.79 Å². The van der Waals surface area contributed by atoms with Gasteiger partial charge in [-0.1, -0.05) is 35.3 Å². The van der Waals surface area contributed by atoms with E-state index < -0.39 is 0 Å². The molecule has 2 N–H and O–H groups in total. The van der Waals surface area contributed by atoms with Crippen LogP contribution < -0.4 is 10.6 Å². The van der Waals surface area contributed by atoms with Crippen LogP contribution in [0.15, 0.2) is 42.5 Å². The van der Waals surface area contributed by atoms with Crippen LogP contribution in [0.1, 0.15) is 0 Å². The maximum Gasteiger partial charge on any atom is 0.323 e. The molecule has 0 aliphatic rings. The normalized spacial score (nSPS) is 10.1. The van der Waals surface area contributed by atoms with E-state index in [1.165, 1.54) is 0 Å². The Kier molecular flexibility index (Phi) is 4.90. The fourth-order valence-electron chi connectivity index (χ4n) is 1.43. The zero-order valence-corrected chi connectivity index (χ0v) is 13.3. The second-order valence-electron chi connectivity index (χ2n) is 3.68. The smallest absolute Gasteiger partial charge is 0.307 e. The van der Waals surface area contributed by atoms with Crippen LogP contribution in [-0.4, -0.2) is 6.03 Å². The molecule has 2 aromatic carbocycles. The number of hydrogen-bond donors (Lipinski definition) is 2. The average Bonchev–Trinajstić information content (AvgIpc) is 2.36. The molecule has 19 heavy (non-hydrogen) atoms. The third kappa shape index (κ3) is 3.99. The molecule has 0 atom stereocenters. The number of carbonyl (C=O) groups is 1. The summed E-state index contributed by atoms with van der Waals surface area (Å²) in [6.07, 6.45) is 0. The summed E-state index contributed by atoms with van der Waals surface area (Å²) < 4.78 is 0.956. The third-order valence-electron chi connectivity index (χ3n) is 2.30. The molecule has 3 nitrogen and oxygen atoms in total. The van der Waals surface area contributed by atoms with Gasteiger partial charge in [0.15, 0.2) is 0 Å². The minimum absolute atomic E-state index is 0.353. The van der Waals surface area contributed by atoms with E-state index in [0.29, 0.717) is 15.7 Å². The van der Waals surface area contributed by atoms with Crippen LogP contribution in [0.25, 0.3) is 0 Å². The molecule has 2 rings (SSSR count). The van der Waals surface area contributed by atoms with Crippen LogP contribution in [0.5, 0.6) is 0 Å². The lowest BCUT2D eigenvalue weighted by Crippen LogP contribution is -2.20. The molecule has 0 bridgehead atoms. The van der Waals surface area contributed by atoms with Crippen molar-refractivity contribution < 1.29 is 4.79 Å². The van der Waals surface area contributed by atoms with Gasteiger partial charge in [-0.3, -0.25) is 0 Å². The Balaban J connectivity index is 2.08. The summed E-state index contributed by atoms with van der Waals surface area (Å²) >= 11 is 13.9. The molecule has 0 fully saturated rings. The molecule has 6 heteroatoms. The van der Waals surface area contributed by atoms with Gasteiger partial charge in [0.25, 0.3) is 0 Å². The fourth-order valence-corrected chi connectivity index (χ4v) is 2.41. The molecule has 0 aliphatic carbocycles. The highest BCUT2D eigenvalue weighted by atomic mass is 127. The van der Waals surface area contributed by atoms with E-state index in [4.69, 9.17) is 23.2 Å². The zero-order chi connectivity index (χ0) is 13.8. The van der Waals surface area contributed by atoms with E-state index >= 15 is 0 Å². The summed E-state index contributed by atoms with van der Waals surface area (Å²) in [5.74, 6) is 0. The summed E-state index contributed by atoms with van der Waals surface area (Å²) in [6.45, 7) is 0. The van der Waals surface area contributed by atoms with E-state index in [-0.39, 0.29) is 6.03 Å². The van der Waals surface area contributed by atoms with E-state index in [1.807, 2.05) is 24.3 Å². The quantitative estimate of drug-likeness (QED) is 0.657. The standard InChI is InChI=1S/C13H9Cl2IN2O/c14-8-5-6-11(9(15)7-8)17-13(19)18-12-4-2-1-3-10(12)16/h1-7H,(H2,17,18,19). The number of hydrogen-bond acceptors (Lipinski definition) is 1. The molecule has 0 saturated carbocycles. The maximum absolute atomic E-state index is 11.9. The molecule has 0 saturated heterocycles. The number of benzene rings is 2. The van der Waals surface area contributed by atoms with E-state index in [1.54, 1.807) is 18.2 Å². The number of rotatable bonds is 2. The Bertz CT molecular complexity index is 619. The molecular formula is C13H9Cl2IN2O. The molecular weight excluding hydrogens is 398 g/mol. The van der Waals surface area contributed by atoms with Gasteiger partial charge >= 0.3 is 6.03 Å². The lowest BCUT2D eigenvalue weighted by molar-refractivity contribution is 0.262. The molecule has 0 heterocycles. The van der Waals surface area contributed by atoms with Gasteiger partial charge in [0.1, 0.15) is 0 Å². The molecule has 0 spiro atoms. The molecule has 0 aliphatic heterocycles. The van der Waals surface area contributed by atoms with Crippen molar-refractivity contribution in [2.45, 2.75) is 0 Å².